The van der Waals surface area contributed by atoms with Gasteiger partial charge in [-0.1, -0.05) is 12.8 Å². The molecule has 1 atom stereocenters. The molecule has 1 aromatic heterocycles. The number of carbonyl (C=O) groups is 2. The molecule has 2 heterocycles. The molecule has 9 heteroatoms. The molecule has 1 N–H and O–H groups in total. The summed E-state index contributed by atoms with van der Waals surface area (Å²) in [5.41, 5.74) is -0.754. The smallest absolute Gasteiger partial charge is 0.344 e. The summed E-state index contributed by atoms with van der Waals surface area (Å²) in [6, 6.07) is 2.44. The van der Waals surface area contributed by atoms with Gasteiger partial charge < -0.3 is 14.6 Å². The average Bonchev–Trinajstić information content (AvgIpc) is 3.23. The molecule has 0 bridgehead atoms. The van der Waals surface area contributed by atoms with Crippen LogP contribution in [0.1, 0.15) is 42.5 Å². The van der Waals surface area contributed by atoms with E-state index in [2.05, 4.69) is 4.98 Å². The second-order valence-electron chi connectivity index (χ2n) is 6.79. The van der Waals surface area contributed by atoms with Gasteiger partial charge >= 0.3 is 5.97 Å². The number of sulfone groups is 1. The number of rotatable bonds is 5. The van der Waals surface area contributed by atoms with Crippen LogP contribution in [0.5, 0.6) is 0 Å². The molecule has 2 fully saturated rings. The van der Waals surface area contributed by atoms with Gasteiger partial charge in [0.2, 0.25) is 0 Å². The number of nitrogens with one attached hydrogen (secondary N) is 1. The van der Waals surface area contributed by atoms with E-state index in [4.69, 9.17) is 4.74 Å². The third kappa shape index (κ3) is 4.14. The first kappa shape index (κ1) is 18.6. The summed E-state index contributed by atoms with van der Waals surface area (Å²) >= 11 is 0. The second-order valence-corrected chi connectivity index (χ2v) is 9.01. The van der Waals surface area contributed by atoms with Crippen LogP contribution in [0.3, 0.4) is 0 Å². The minimum Gasteiger partial charge on any atom is -0.452 e. The molecule has 0 spiro atoms. The lowest BCUT2D eigenvalue weighted by Gasteiger charge is -2.33. The standard InChI is InChI=1S/C17H22N2O6S/c20-15(10-25-17(22)14-6-3-8-18-16(14)21)19(12-4-1-2-5-12)13-7-9-26(23,24)11-13/h3,6,8,12-13H,1-2,4-5,7,9-11H2,(H,18,21)/t13-/m0/s1. The van der Waals surface area contributed by atoms with Gasteiger partial charge in [0.25, 0.3) is 11.5 Å². The lowest BCUT2D eigenvalue weighted by atomic mass is 10.1. The quantitative estimate of drug-likeness (QED) is 0.742. The topological polar surface area (TPSA) is 114 Å². The van der Waals surface area contributed by atoms with Gasteiger partial charge in [0.1, 0.15) is 5.56 Å². The summed E-state index contributed by atoms with van der Waals surface area (Å²) in [7, 11) is -3.13. The first-order valence-corrected chi connectivity index (χ1v) is 10.6. The number of H-pyrrole nitrogens is 1. The van der Waals surface area contributed by atoms with Gasteiger partial charge in [0, 0.05) is 18.3 Å². The lowest BCUT2D eigenvalue weighted by Crippen LogP contribution is -2.48. The van der Waals surface area contributed by atoms with E-state index < -0.39 is 33.9 Å². The summed E-state index contributed by atoms with van der Waals surface area (Å²) in [6.45, 7) is -0.500. The van der Waals surface area contributed by atoms with Crippen LogP contribution in [0.15, 0.2) is 23.1 Å². The SMILES string of the molecule is O=C(OCC(=O)N(C1CCCC1)[C@H]1CCS(=O)(=O)C1)c1ccc[nH]c1=O. The van der Waals surface area contributed by atoms with Crippen molar-refractivity contribution in [1.82, 2.24) is 9.88 Å². The fourth-order valence-corrected chi connectivity index (χ4v) is 5.46. The summed E-state index contributed by atoms with van der Waals surface area (Å²) in [6.07, 6.45) is 5.45. The molecule has 1 aliphatic heterocycles. The number of pyridine rings is 1. The molecule has 1 amide bonds. The Morgan fingerprint density at radius 2 is 1.92 bits per heavy atom. The number of esters is 1. The molecule has 1 aromatic rings. The van der Waals surface area contributed by atoms with Crippen molar-refractivity contribution < 1.29 is 22.7 Å². The Morgan fingerprint density at radius 1 is 1.19 bits per heavy atom. The predicted octanol–water partition coefficient (Wildman–Crippen LogP) is 0.490. The van der Waals surface area contributed by atoms with E-state index in [9.17, 15) is 22.8 Å². The van der Waals surface area contributed by atoms with Gasteiger partial charge in [-0.25, -0.2) is 13.2 Å². The Kier molecular flexibility index (Phi) is 5.45. The molecule has 1 saturated heterocycles. The maximum Gasteiger partial charge on any atom is 0.344 e. The number of aromatic nitrogens is 1. The van der Waals surface area contributed by atoms with Crippen molar-refractivity contribution >= 4 is 21.7 Å². The van der Waals surface area contributed by atoms with Gasteiger partial charge in [-0.05, 0) is 31.4 Å². The monoisotopic (exact) mass is 382 g/mol. The number of hydrogen-bond acceptors (Lipinski definition) is 6. The van der Waals surface area contributed by atoms with Crippen molar-refractivity contribution in [3.63, 3.8) is 0 Å². The largest absolute Gasteiger partial charge is 0.452 e. The van der Waals surface area contributed by atoms with E-state index >= 15 is 0 Å². The van der Waals surface area contributed by atoms with Crippen LogP contribution in [0.4, 0.5) is 0 Å². The van der Waals surface area contributed by atoms with Crippen LogP contribution < -0.4 is 5.56 Å². The highest BCUT2D eigenvalue weighted by Gasteiger charge is 2.39. The zero-order valence-corrected chi connectivity index (χ0v) is 15.2. The number of ether oxygens (including phenoxy) is 1. The molecule has 1 saturated carbocycles. The van der Waals surface area contributed by atoms with E-state index in [1.54, 1.807) is 4.90 Å². The average molecular weight is 382 g/mol. The number of hydrogen-bond donors (Lipinski definition) is 1. The van der Waals surface area contributed by atoms with Crippen LogP contribution in [0.2, 0.25) is 0 Å². The van der Waals surface area contributed by atoms with E-state index in [0.29, 0.717) is 6.42 Å². The van der Waals surface area contributed by atoms with E-state index in [-0.39, 0.29) is 29.2 Å². The van der Waals surface area contributed by atoms with Gasteiger partial charge in [-0.3, -0.25) is 9.59 Å². The summed E-state index contributed by atoms with van der Waals surface area (Å²) in [5, 5.41) is 0. The van der Waals surface area contributed by atoms with Crippen molar-refractivity contribution in [3.05, 3.63) is 34.2 Å². The van der Waals surface area contributed by atoms with Crippen LogP contribution in [-0.2, 0) is 19.4 Å². The molecule has 2 aliphatic rings. The Balaban J connectivity index is 1.69. The Bertz CT molecular complexity index is 841. The first-order valence-electron chi connectivity index (χ1n) is 8.74. The van der Waals surface area contributed by atoms with Crippen molar-refractivity contribution in [2.24, 2.45) is 0 Å². The number of amides is 1. The Morgan fingerprint density at radius 3 is 2.54 bits per heavy atom. The first-order chi connectivity index (χ1) is 12.4. The van der Waals surface area contributed by atoms with Crippen molar-refractivity contribution in [3.8, 4) is 0 Å². The third-order valence-electron chi connectivity index (χ3n) is 4.97. The van der Waals surface area contributed by atoms with Crippen LogP contribution in [-0.4, -0.2) is 60.4 Å². The fourth-order valence-electron chi connectivity index (χ4n) is 3.74. The van der Waals surface area contributed by atoms with Crippen LogP contribution >= 0.6 is 0 Å². The van der Waals surface area contributed by atoms with Gasteiger partial charge in [-0.15, -0.1) is 0 Å². The molecule has 1 aliphatic carbocycles. The predicted molar refractivity (Wildman–Crippen MR) is 93.5 cm³/mol. The second kappa shape index (κ2) is 7.61. The fraction of sp³-hybridized carbons (Fsp3) is 0.588. The summed E-state index contributed by atoms with van der Waals surface area (Å²) < 4.78 is 28.6. The molecular weight excluding hydrogens is 360 g/mol. The highest BCUT2D eigenvalue weighted by molar-refractivity contribution is 7.91. The molecule has 26 heavy (non-hydrogen) atoms. The van der Waals surface area contributed by atoms with Crippen molar-refractivity contribution in [2.75, 3.05) is 18.1 Å². The van der Waals surface area contributed by atoms with Crippen molar-refractivity contribution in [1.29, 1.82) is 0 Å². The Hall–Kier alpha value is -2.16. The molecule has 3 rings (SSSR count). The van der Waals surface area contributed by atoms with Crippen molar-refractivity contribution in [2.45, 2.75) is 44.2 Å². The minimum atomic E-state index is -3.13. The third-order valence-corrected chi connectivity index (χ3v) is 6.72. The van der Waals surface area contributed by atoms with Crippen LogP contribution in [0, 0.1) is 0 Å². The molecular formula is C17H22N2O6S. The maximum atomic E-state index is 12.7. The Labute approximate surface area is 151 Å². The molecule has 142 valence electrons. The molecule has 0 aromatic carbocycles. The molecule has 0 unspecified atom stereocenters. The lowest BCUT2D eigenvalue weighted by molar-refractivity contribution is -0.139. The zero-order chi connectivity index (χ0) is 18.7. The summed E-state index contributed by atoms with van der Waals surface area (Å²) in [5.74, 6) is -1.24. The van der Waals surface area contributed by atoms with Gasteiger partial charge in [0.05, 0.1) is 11.5 Å². The van der Waals surface area contributed by atoms with E-state index in [1.165, 1.54) is 18.3 Å². The normalized spacial score (nSPS) is 22.2. The number of carbonyl (C=O) groups excluding carboxylic acids is 2. The summed E-state index contributed by atoms with van der Waals surface area (Å²) in [4.78, 5) is 40.3. The van der Waals surface area contributed by atoms with Gasteiger partial charge in [-0.2, -0.15) is 0 Å². The van der Waals surface area contributed by atoms with E-state index in [0.717, 1.165) is 25.7 Å². The highest BCUT2D eigenvalue weighted by Crippen LogP contribution is 2.29. The number of aromatic amines is 1. The molecule has 8 nitrogen and oxygen atoms in total. The van der Waals surface area contributed by atoms with Crippen LogP contribution in [0.25, 0.3) is 0 Å². The zero-order valence-electron chi connectivity index (χ0n) is 14.3. The molecule has 0 radical (unpaired) electrons. The number of nitrogens with zero attached hydrogens (tertiary/aromatic N) is 1. The minimum absolute atomic E-state index is 0.0142. The van der Waals surface area contributed by atoms with E-state index in [1.807, 2.05) is 0 Å². The van der Waals surface area contributed by atoms with Gasteiger partial charge in [0.15, 0.2) is 16.4 Å². The maximum absolute atomic E-state index is 12.7. The highest BCUT2D eigenvalue weighted by atomic mass is 32.2.